The topological polar surface area (TPSA) is 75.6 Å². The Kier molecular flexibility index (Phi) is 6.52. The van der Waals surface area contributed by atoms with Crippen LogP contribution in [0.25, 0.3) is 55.7 Å². The minimum Gasteiger partial charge on any atom is -0.501 e. The smallest absolute Gasteiger partial charge is 0.501 e. The molecule has 6 heteroatoms. The molecule has 0 saturated carbocycles. The van der Waals surface area contributed by atoms with Crippen LogP contribution in [0.5, 0.6) is 0 Å². The van der Waals surface area contributed by atoms with Crippen molar-refractivity contribution in [1.82, 2.24) is 15.0 Å². The van der Waals surface area contributed by atoms with Crippen LogP contribution in [-0.4, -0.2) is 15.0 Å². The molecule has 0 fully saturated rings. The predicted molar refractivity (Wildman–Crippen MR) is 226 cm³/mol. The first-order chi connectivity index (χ1) is 36.0. The zero-order valence-corrected chi connectivity index (χ0v) is 32.2. The van der Waals surface area contributed by atoms with Gasteiger partial charge in [0.15, 0.2) is 0 Å². The third-order valence-electron chi connectivity index (χ3n) is 8.44. The molecule has 58 heavy (non-hydrogen) atoms. The van der Waals surface area contributed by atoms with E-state index < -0.39 is 108 Å². The van der Waals surface area contributed by atoms with Gasteiger partial charge >= 0.3 is 20.1 Å². The Hall–Kier alpha value is -6.51. The van der Waals surface area contributed by atoms with Crippen molar-refractivity contribution in [2.45, 2.75) is 38.2 Å². The molecule has 0 amide bonds. The van der Waals surface area contributed by atoms with Crippen LogP contribution >= 0.6 is 0 Å². The van der Waals surface area contributed by atoms with Gasteiger partial charge in [-0.25, -0.2) is 0 Å². The summed E-state index contributed by atoms with van der Waals surface area (Å²) < 4.78 is 188. The zero-order chi connectivity index (χ0) is 56.1. The fourth-order valence-corrected chi connectivity index (χ4v) is 5.74. The SMILES string of the molecule is [2H]c1cc2c(oc3c(-c4ncc(C([2H])([2H])C([2H])([2H])c5cc(C([2H])([2H])C([2H])([2H])c6cnc(-c7[c-]cccc7)c([2H])c6[2H])cc(C([2H])([2H])C([2H])([2H])c6cnc(-c7[c-]cccc7)c([2H])c6[2H])c5)c([2H])c4[2H])[c-]ccc32)c([2H])c1C#N.[Ir+3]. The minimum absolute atomic E-state index is 0. The van der Waals surface area contributed by atoms with Gasteiger partial charge in [-0.1, -0.05) is 71.5 Å². The summed E-state index contributed by atoms with van der Waals surface area (Å²) in [6.45, 7) is 0. The van der Waals surface area contributed by atoms with Gasteiger partial charge in [0.1, 0.15) is 5.58 Å². The number of furan rings is 1. The van der Waals surface area contributed by atoms with Crippen molar-refractivity contribution < 1.29 is 51.9 Å². The van der Waals surface area contributed by atoms with E-state index in [1.807, 2.05) is 0 Å². The number of aromatic nitrogens is 3. The van der Waals surface area contributed by atoms with Crippen LogP contribution < -0.4 is 0 Å². The molecule has 4 heterocycles. The predicted octanol–water partition coefficient (Wildman–Crippen LogP) is 11.4. The van der Waals surface area contributed by atoms with Crippen molar-refractivity contribution in [3.63, 3.8) is 0 Å². The molecule has 0 aliphatic carbocycles. The standard InChI is InChI=1S/C52H37N4O.Ir/c53-32-42-20-24-45-46-12-7-13-47(52(46)57-51(45)31-42)50-27-23-38(35-56-50)16-19-41-29-39(17-14-36-21-25-48(54-33-36)43-8-3-1-4-9-43)28-40(30-41)18-15-37-22-26-49(55-34-37)44-10-5-2-6-11-44;/h1-8,10,12,20-31,33-35H,14-19H2;/q-3;+3/i14D2,15D2,16D2,17D2,18D2,19D2,20D,21D,22D,23D,25D,26D,27D,31D;. The van der Waals surface area contributed by atoms with Crippen molar-refractivity contribution in [3.05, 3.63) is 209 Å². The van der Waals surface area contributed by atoms with E-state index in [9.17, 15) is 21.7 Å². The first kappa shape index (κ1) is 21.3. The van der Waals surface area contributed by atoms with Crippen LogP contribution in [0, 0.1) is 29.5 Å². The van der Waals surface area contributed by atoms with Crippen molar-refractivity contribution >= 4 is 21.9 Å². The Labute approximate surface area is 380 Å². The fraction of sp³-hybridized carbons (Fsp3) is 0.115. The molecule has 5 nitrogen and oxygen atoms in total. The largest absolute Gasteiger partial charge is 3.00 e. The average molecular weight is 946 g/mol. The molecule has 0 atom stereocenters. The van der Waals surface area contributed by atoms with Crippen molar-refractivity contribution in [2.24, 2.45) is 0 Å². The molecule has 0 unspecified atom stereocenters. The van der Waals surface area contributed by atoms with E-state index in [0.29, 0.717) is 23.6 Å². The van der Waals surface area contributed by atoms with Crippen molar-refractivity contribution in [2.75, 3.05) is 0 Å². The summed E-state index contributed by atoms with van der Waals surface area (Å²) in [5.41, 5.74) is -5.47. The molecular weight excluding hydrogens is 889 g/mol. The van der Waals surface area contributed by atoms with Gasteiger partial charge in [0.2, 0.25) is 0 Å². The molecule has 0 aliphatic heterocycles. The van der Waals surface area contributed by atoms with Gasteiger partial charge in [0, 0.05) is 40.4 Å². The van der Waals surface area contributed by atoms with Crippen LogP contribution in [-0.2, 0) is 58.3 Å². The second-order valence-corrected chi connectivity index (χ2v) is 12.3. The summed E-state index contributed by atoms with van der Waals surface area (Å²) in [5.74, 6) is 0. The van der Waals surface area contributed by atoms with E-state index >= 15 is 0 Å². The first-order valence-corrected chi connectivity index (χ1v) is 17.3. The third kappa shape index (κ3) is 8.72. The minimum atomic E-state index is -3.54. The molecule has 0 saturated heterocycles. The Morgan fingerprint density at radius 3 is 1.60 bits per heavy atom. The molecular formula is C52H37IrN4O. The molecule has 0 bridgehead atoms. The van der Waals surface area contributed by atoms with Crippen molar-refractivity contribution in [1.29, 1.82) is 5.26 Å². The Bertz CT molecular complexity index is 3770. The Morgan fingerprint density at radius 1 is 0.569 bits per heavy atom. The number of nitriles is 1. The average Bonchev–Trinajstić information content (AvgIpc) is 3.82. The number of fused-ring (bicyclic) bond motifs is 3. The van der Waals surface area contributed by atoms with E-state index in [0.717, 1.165) is 18.6 Å². The summed E-state index contributed by atoms with van der Waals surface area (Å²) in [4.78, 5) is 12.6. The molecule has 9 rings (SSSR count). The van der Waals surface area contributed by atoms with Gasteiger partial charge in [0.25, 0.3) is 0 Å². The maximum Gasteiger partial charge on any atom is 3.00 e. The summed E-state index contributed by atoms with van der Waals surface area (Å²) in [6.07, 6.45) is -18.3. The van der Waals surface area contributed by atoms with Gasteiger partial charge in [-0.05, 0) is 101 Å². The van der Waals surface area contributed by atoms with E-state index in [2.05, 4.69) is 33.2 Å². The summed E-state index contributed by atoms with van der Waals surface area (Å²) in [5, 5.41) is 10.2. The molecule has 9 aromatic rings. The number of nitrogens with zero attached hydrogens (tertiary/aromatic N) is 4. The summed E-state index contributed by atoms with van der Waals surface area (Å²) in [7, 11) is 0. The molecule has 4 aromatic heterocycles. The molecule has 0 aliphatic rings. The van der Waals surface area contributed by atoms with E-state index in [1.54, 1.807) is 42.5 Å². The number of rotatable bonds is 12. The van der Waals surface area contributed by atoms with Gasteiger partial charge in [0.05, 0.1) is 28.2 Å². The second kappa shape index (κ2) is 17.7. The van der Waals surface area contributed by atoms with Crippen LogP contribution in [0.1, 0.15) is 66.4 Å². The van der Waals surface area contributed by atoms with E-state index in [1.165, 1.54) is 30.3 Å². The maximum atomic E-state index is 9.57. The zero-order valence-electron chi connectivity index (χ0n) is 49.8. The maximum absolute atomic E-state index is 9.57. The number of hydrogen-bond donors (Lipinski definition) is 0. The van der Waals surface area contributed by atoms with Gasteiger partial charge in [-0.15, -0.1) is 90.0 Å². The van der Waals surface area contributed by atoms with Gasteiger partial charge in [-0.3, -0.25) is 0 Å². The third-order valence-corrected chi connectivity index (χ3v) is 8.44. The molecule has 0 radical (unpaired) electrons. The van der Waals surface area contributed by atoms with Crippen LogP contribution in [0.15, 0.2) is 156 Å². The van der Waals surface area contributed by atoms with Crippen LogP contribution in [0.4, 0.5) is 0 Å². The summed E-state index contributed by atoms with van der Waals surface area (Å²) in [6, 6.07) is 24.3. The molecule has 0 N–H and O–H groups in total. The number of hydrogen-bond acceptors (Lipinski definition) is 5. The normalized spacial score (nSPS) is 17.5. The second-order valence-electron chi connectivity index (χ2n) is 12.3. The number of aryl methyl sites for hydroxylation is 6. The Balaban J connectivity index is 0.00000803. The molecule has 5 aromatic carbocycles. The molecule has 0 spiro atoms. The fourth-order valence-electron chi connectivity index (χ4n) is 5.74. The van der Waals surface area contributed by atoms with Crippen LogP contribution in [0.2, 0.25) is 0 Å². The number of benzene rings is 5. The van der Waals surface area contributed by atoms with Gasteiger partial charge < -0.3 is 19.4 Å². The quantitative estimate of drug-likeness (QED) is 0.114. The summed E-state index contributed by atoms with van der Waals surface area (Å²) >= 11 is 0. The van der Waals surface area contributed by atoms with E-state index in [-0.39, 0.29) is 88.1 Å². The van der Waals surface area contributed by atoms with Crippen molar-refractivity contribution in [3.8, 4) is 39.8 Å². The monoisotopic (exact) mass is 946 g/mol. The Morgan fingerprint density at radius 2 is 1.09 bits per heavy atom. The number of pyridine rings is 3. The first-order valence-electron chi connectivity index (χ1n) is 27.3. The van der Waals surface area contributed by atoms with E-state index in [4.69, 9.17) is 15.4 Å². The van der Waals surface area contributed by atoms with Crippen LogP contribution in [0.3, 0.4) is 0 Å². The van der Waals surface area contributed by atoms with Gasteiger partial charge in [-0.2, -0.15) is 5.26 Å². The molecule has 280 valence electrons.